The minimum Gasteiger partial charge on any atom is -0.493 e. The Labute approximate surface area is 207 Å². The lowest BCUT2D eigenvalue weighted by Crippen LogP contribution is -2.42. The van der Waals surface area contributed by atoms with Crippen LogP contribution in [0, 0.1) is 0 Å². The number of nitrogens with one attached hydrogen (secondary N) is 1. The SMILES string of the molecule is COc1cc(C(=O)Oc2ccc(/C=N/NC(=O)[C@@H]3COc4ccccc4O3)cc2)cc(OC)c1OC. The molecule has 3 aromatic rings. The van der Waals surface area contributed by atoms with E-state index in [1.807, 2.05) is 6.07 Å². The number of carbonyl (C=O) groups excluding carboxylic acids is 2. The van der Waals surface area contributed by atoms with Crippen LogP contribution in [0.3, 0.4) is 0 Å². The average molecular weight is 492 g/mol. The average Bonchev–Trinajstić information content (AvgIpc) is 2.92. The number of fused-ring (bicyclic) bond motifs is 1. The molecule has 0 fully saturated rings. The number of hydrogen-bond donors (Lipinski definition) is 1. The molecule has 0 saturated heterocycles. The van der Waals surface area contributed by atoms with E-state index in [0.29, 0.717) is 40.1 Å². The van der Waals surface area contributed by atoms with Crippen LogP contribution in [0.1, 0.15) is 15.9 Å². The van der Waals surface area contributed by atoms with Gasteiger partial charge in [0, 0.05) is 0 Å². The molecule has 186 valence electrons. The van der Waals surface area contributed by atoms with Gasteiger partial charge in [0.25, 0.3) is 5.91 Å². The minimum absolute atomic E-state index is 0.0877. The van der Waals surface area contributed by atoms with Crippen molar-refractivity contribution < 1.29 is 38.0 Å². The lowest BCUT2D eigenvalue weighted by molar-refractivity contribution is -0.130. The van der Waals surface area contributed by atoms with Crippen molar-refractivity contribution >= 4 is 18.1 Å². The highest BCUT2D eigenvalue weighted by Crippen LogP contribution is 2.38. The molecule has 10 heteroatoms. The van der Waals surface area contributed by atoms with Gasteiger partial charge in [-0.05, 0) is 54.1 Å². The first-order chi connectivity index (χ1) is 17.5. The van der Waals surface area contributed by atoms with Crippen LogP contribution in [0.25, 0.3) is 0 Å². The number of amides is 1. The van der Waals surface area contributed by atoms with E-state index in [9.17, 15) is 9.59 Å². The summed E-state index contributed by atoms with van der Waals surface area (Å²) < 4.78 is 32.4. The van der Waals surface area contributed by atoms with Crippen LogP contribution in [0.5, 0.6) is 34.5 Å². The number of benzene rings is 3. The largest absolute Gasteiger partial charge is 0.493 e. The molecule has 0 unspecified atom stereocenters. The number of para-hydroxylation sites is 2. The maximum absolute atomic E-state index is 12.6. The van der Waals surface area contributed by atoms with Gasteiger partial charge in [0.1, 0.15) is 12.4 Å². The van der Waals surface area contributed by atoms with E-state index < -0.39 is 18.0 Å². The van der Waals surface area contributed by atoms with Crippen molar-refractivity contribution in [2.75, 3.05) is 27.9 Å². The molecule has 1 heterocycles. The van der Waals surface area contributed by atoms with E-state index >= 15 is 0 Å². The first-order valence-electron chi connectivity index (χ1n) is 10.9. The molecular formula is C26H24N2O8. The van der Waals surface area contributed by atoms with Crippen molar-refractivity contribution in [2.24, 2.45) is 5.10 Å². The second kappa shape index (κ2) is 11.1. The Morgan fingerprint density at radius 3 is 2.25 bits per heavy atom. The summed E-state index contributed by atoms with van der Waals surface area (Å²) in [5, 5.41) is 3.96. The predicted molar refractivity (Wildman–Crippen MR) is 130 cm³/mol. The molecule has 36 heavy (non-hydrogen) atoms. The van der Waals surface area contributed by atoms with Crippen LogP contribution in [0.15, 0.2) is 65.8 Å². The van der Waals surface area contributed by atoms with Crippen molar-refractivity contribution in [3.8, 4) is 34.5 Å². The molecular weight excluding hydrogens is 468 g/mol. The topological polar surface area (TPSA) is 114 Å². The molecule has 1 atom stereocenters. The number of ether oxygens (including phenoxy) is 6. The third kappa shape index (κ3) is 5.49. The van der Waals surface area contributed by atoms with Gasteiger partial charge in [0.05, 0.1) is 33.1 Å². The summed E-state index contributed by atoms with van der Waals surface area (Å²) >= 11 is 0. The summed E-state index contributed by atoms with van der Waals surface area (Å²) in [4.78, 5) is 25.0. The maximum Gasteiger partial charge on any atom is 0.343 e. The van der Waals surface area contributed by atoms with Crippen LogP contribution in [0.2, 0.25) is 0 Å². The molecule has 0 bridgehead atoms. The summed E-state index contributed by atoms with van der Waals surface area (Å²) in [6, 6.07) is 16.7. The Balaban J connectivity index is 1.34. The molecule has 1 aliphatic heterocycles. The smallest absolute Gasteiger partial charge is 0.343 e. The van der Waals surface area contributed by atoms with Crippen LogP contribution in [0.4, 0.5) is 0 Å². The summed E-state index contributed by atoms with van der Waals surface area (Å²) in [5.74, 6) is 1.44. The van der Waals surface area contributed by atoms with Crippen LogP contribution in [-0.2, 0) is 4.79 Å². The van der Waals surface area contributed by atoms with E-state index in [0.717, 1.165) is 0 Å². The summed E-state index contributed by atoms with van der Waals surface area (Å²) in [5.41, 5.74) is 3.34. The Morgan fingerprint density at radius 2 is 1.61 bits per heavy atom. The number of esters is 1. The Hall–Kier alpha value is -4.73. The van der Waals surface area contributed by atoms with Crippen molar-refractivity contribution in [3.05, 3.63) is 71.8 Å². The van der Waals surface area contributed by atoms with Gasteiger partial charge < -0.3 is 28.4 Å². The van der Waals surface area contributed by atoms with Crippen LogP contribution >= 0.6 is 0 Å². The molecule has 10 nitrogen and oxygen atoms in total. The fourth-order valence-electron chi connectivity index (χ4n) is 3.38. The highest BCUT2D eigenvalue weighted by molar-refractivity contribution is 5.93. The van der Waals surface area contributed by atoms with Crippen LogP contribution < -0.4 is 33.8 Å². The van der Waals surface area contributed by atoms with Crippen molar-refractivity contribution in [1.29, 1.82) is 0 Å². The zero-order valence-electron chi connectivity index (χ0n) is 19.8. The van der Waals surface area contributed by atoms with Gasteiger partial charge in [-0.3, -0.25) is 4.79 Å². The second-order valence-electron chi connectivity index (χ2n) is 7.47. The molecule has 4 rings (SSSR count). The number of rotatable bonds is 8. The standard InChI is InChI=1S/C26H24N2O8/c1-31-21-12-17(13-22(32-2)24(21)33-3)26(30)35-18-10-8-16(9-11-18)14-27-28-25(29)23-15-34-19-6-4-5-7-20(19)36-23/h4-14,23H,15H2,1-3H3,(H,28,29)/b27-14+/t23-/m0/s1. The molecule has 1 aliphatic rings. The second-order valence-corrected chi connectivity index (χ2v) is 7.47. The lowest BCUT2D eigenvalue weighted by atomic mass is 10.2. The Bertz CT molecular complexity index is 1250. The number of hydrazone groups is 1. The van der Waals surface area contributed by atoms with Crippen molar-refractivity contribution in [2.45, 2.75) is 6.10 Å². The first kappa shape index (κ1) is 24.4. The first-order valence-corrected chi connectivity index (χ1v) is 10.9. The number of nitrogens with zero attached hydrogens (tertiary/aromatic N) is 1. The number of hydrogen-bond acceptors (Lipinski definition) is 9. The fourth-order valence-corrected chi connectivity index (χ4v) is 3.38. The third-order valence-electron chi connectivity index (χ3n) is 5.18. The van der Waals surface area contributed by atoms with E-state index in [1.165, 1.54) is 39.7 Å². The normalized spacial score (nSPS) is 14.1. The highest BCUT2D eigenvalue weighted by Gasteiger charge is 2.27. The molecule has 3 aromatic carbocycles. The quantitative estimate of drug-likeness (QED) is 0.221. The van der Waals surface area contributed by atoms with Gasteiger partial charge in [-0.2, -0.15) is 5.10 Å². The number of methoxy groups -OCH3 is 3. The molecule has 1 N–H and O–H groups in total. The van der Waals surface area contributed by atoms with Crippen LogP contribution in [-0.4, -0.2) is 52.1 Å². The summed E-state index contributed by atoms with van der Waals surface area (Å²) in [6.07, 6.45) is 0.648. The van der Waals surface area contributed by atoms with Crippen molar-refractivity contribution in [1.82, 2.24) is 5.43 Å². The van der Waals surface area contributed by atoms with E-state index in [-0.39, 0.29) is 12.2 Å². The molecule has 0 saturated carbocycles. The summed E-state index contributed by atoms with van der Waals surface area (Å²) in [6.45, 7) is 0.0877. The van der Waals surface area contributed by atoms with E-state index in [1.54, 1.807) is 42.5 Å². The Morgan fingerprint density at radius 1 is 0.944 bits per heavy atom. The predicted octanol–water partition coefficient (Wildman–Crippen LogP) is 3.22. The van der Waals surface area contributed by atoms with Gasteiger partial charge in [-0.15, -0.1) is 0 Å². The highest BCUT2D eigenvalue weighted by atomic mass is 16.6. The van der Waals surface area contributed by atoms with E-state index in [4.69, 9.17) is 28.4 Å². The zero-order valence-corrected chi connectivity index (χ0v) is 19.8. The van der Waals surface area contributed by atoms with Gasteiger partial charge >= 0.3 is 5.97 Å². The fraction of sp³-hybridized carbons (Fsp3) is 0.192. The van der Waals surface area contributed by atoms with Gasteiger partial charge in [-0.1, -0.05) is 12.1 Å². The molecule has 0 aromatic heterocycles. The molecule has 0 aliphatic carbocycles. The molecule has 1 amide bonds. The van der Waals surface area contributed by atoms with Gasteiger partial charge in [0.15, 0.2) is 23.0 Å². The van der Waals surface area contributed by atoms with Gasteiger partial charge in [-0.25, -0.2) is 10.2 Å². The molecule has 0 radical (unpaired) electrons. The number of carbonyl (C=O) groups is 2. The third-order valence-corrected chi connectivity index (χ3v) is 5.18. The zero-order chi connectivity index (χ0) is 25.5. The Kier molecular flexibility index (Phi) is 7.54. The van der Waals surface area contributed by atoms with Gasteiger partial charge in [0.2, 0.25) is 11.9 Å². The monoisotopic (exact) mass is 492 g/mol. The summed E-state index contributed by atoms with van der Waals surface area (Å²) in [7, 11) is 4.40. The van der Waals surface area contributed by atoms with E-state index in [2.05, 4.69) is 10.5 Å². The lowest BCUT2D eigenvalue weighted by Gasteiger charge is -2.24. The van der Waals surface area contributed by atoms with Crippen molar-refractivity contribution in [3.63, 3.8) is 0 Å². The minimum atomic E-state index is -0.811. The molecule has 0 spiro atoms. The maximum atomic E-state index is 12.6.